The lowest BCUT2D eigenvalue weighted by atomic mass is 10.2. The molecule has 17 heavy (non-hydrogen) atoms. The Balaban J connectivity index is 2.32. The summed E-state index contributed by atoms with van der Waals surface area (Å²) >= 11 is 0. The van der Waals surface area contributed by atoms with Gasteiger partial charge in [-0.2, -0.15) is 9.65 Å². The van der Waals surface area contributed by atoms with E-state index in [9.17, 15) is 13.6 Å². The van der Waals surface area contributed by atoms with E-state index in [2.05, 4.69) is 4.98 Å². The highest BCUT2D eigenvalue weighted by atomic mass is 19.2. The Bertz CT molecular complexity index is 498. The third kappa shape index (κ3) is 1.96. The van der Waals surface area contributed by atoms with Crippen LogP contribution >= 0.6 is 0 Å². The number of amides is 1. The lowest BCUT2D eigenvalue weighted by molar-refractivity contribution is 0.0758. The second kappa shape index (κ2) is 4.45. The molecule has 0 aromatic carbocycles. The van der Waals surface area contributed by atoms with Crippen molar-refractivity contribution in [1.82, 2.24) is 9.88 Å². The summed E-state index contributed by atoms with van der Waals surface area (Å²) < 4.78 is 26.3. The van der Waals surface area contributed by atoms with Gasteiger partial charge in [0.25, 0.3) is 5.91 Å². The lowest BCUT2D eigenvalue weighted by Gasteiger charge is -2.19. The number of carbonyl (C=O) groups excluding carboxylic acids is 1. The van der Waals surface area contributed by atoms with Crippen LogP contribution in [0.5, 0.6) is 0 Å². The molecule has 0 radical (unpaired) electrons. The first kappa shape index (κ1) is 11.5. The molecule has 0 aliphatic carbocycles. The molecular formula is C11H9F2N3O. The predicted octanol–water partition coefficient (Wildman–Crippen LogP) is 1.49. The van der Waals surface area contributed by atoms with E-state index in [1.807, 2.05) is 6.07 Å². The molecular weight excluding hydrogens is 228 g/mol. The molecule has 6 heteroatoms. The van der Waals surface area contributed by atoms with Crippen molar-refractivity contribution in [2.45, 2.75) is 18.9 Å². The van der Waals surface area contributed by atoms with Crippen LogP contribution in [0.2, 0.25) is 0 Å². The number of nitriles is 1. The summed E-state index contributed by atoms with van der Waals surface area (Å²) in [6, 6.07) is 2.53. The van der Waals surface area contributed by atoms with E-state index < -0.39 is 23.7 Å². The first-order valence-electron chi connectivity index (χ1n) is 5.15. The van der Waals surface area contributed by atoms with Crippen LogP contribution in [0.4, 0.5) is 8.78 Å². The molecule has 0 saturated carbocycles. The van der Waals surface area contributed by atoms with E-state index >= 15 is 0 Å². The predicted molar refractivity (Wildman–Crippen MR) is 53.8 cm³/mol. The summed E-state index contributed by atoms with van der Waals surface area (Å²) in [5.74, 6) is -3.22. The molecule has 1 aromatic rings. The number of rotatable bonds is 1. The average molecular weight is 237 g/mol. The van der Waals surface area contributed by atoms with Gasteiger partial charge in [0, 0.05) is 12.7 Å². The minimum atomic E-state index is -1.30. The van der Waals surface area contributed by atoms with Crippen LogP contribution in [-0.2, 0) is 0 Å². The SMILES string of the molecule is N#CC1CCCN1C(=O)c1ccnc(F)c1F. The number of pyridine rings is 1. The molecule has 1 unspecified atom stereocenters. The molecule has 1 fully saturated rings. The van der Waals surface area contributed by atoms with Crippen molar-refractivity contribution in [3.05, 3.63) is 29.6 Å². The topological polar surface area (TPSA) is 57.0 Å². The van der Waals surface area contributed by atoms with Gasteiger partial charge in [0.05, 0.1) is 11.6 Å². The fourth-order valence-corrected chi connectivity index (χ4v) is 1.88. The molecule has 0 N–H and O–H groups in total. The summed E-state index contributed by atoms with van der Waals surface area (Å²) in [7, 11) is 0. The molecule has 4 nitrogen and oxygen atoms in total. The standard InChI is InChI=1S/C11H9F2N3O/c12-9-8(3-4-15-10(9)13)11(17)16-5-1-2-7(16)6-14/h3-4,7H,1-2,5H2. The van der Waals surface area contributed by atoms with E-state index in [1.54, 1.807) is 0 Å². The zero-order chi connectivity index (χ0) is 12.4. The number of carbonyl (C=O) groups is 1. The van der Waals surface area contributed by atoms with Crippen LogP contribution < -0.4 is 0 Å². The Morgan fingerprint density at radius 1 is 1.59 bits per heavy atom. The second-order valence-electron chi connectivity index (χ2n) is 3.75. The number of likely N-dealkylation sites (tertiary alicyclic amines) is 1. The summed E-state index contributed by atoms with van der Waals surface area (Å²) in [5, 5.41) is 8.83. The minimum absolute atomic E-state index is 0.375. The lowest BCUT2D eigenvalue weighted by Crippen LogP contribution is -2.35. The quantitative estimate of drug-likeness (QED) is 0.695. The third-order valence-corrected chi connectivity index (χ3v) is 2.74. The van der Waals surface area contributed by atoms with Crippen LogP contribution in [0.25, 0.3) is 0 Å². The number of aromatic nitrogens is 1. The molecule has 1 aliphatic rings. The molecule has 1 amide bonds. The smallest absolute Gasteiger partial charge is 0.258 e. The molecule has 1 atom stereocenters. The van der Waals surface area contributed by atoms with Crippen molar-refractivity contribution < 1.29 is 13.6 Å². The van der Waals surface area contributed by atoms with Crippen molar-refractivity contribution in [3.63, 3.8) is 0 Å². The average Bonchev–Trinajstić information content (AvgIpc) is 2.80. The van der Waals surface area contributed by atoms with Crippen LogP contribution in [0.1, 0.15) is 23.2 Å². The zero-order valence-electron chi connectivity index (χ0n) is 8.86. The second-order valence-corrected chi connectivity index (χ2v) is 3.75. The molecule has 1 aromatic heterocycles. The van der Waals surface area contributed by atoms with Gasteiger partial charge in [-0.1, -0.05) is 0 Å². The van der Waals surface area contributed by atoms with Gasteiger partial charge < -0.3 is 4.90 Å². The highest BCUT2D eigenvalue weighted by Crippen LogP contribution is 2.21. The monoisotopic (exact) mass is 237 g/mol. The van der Waals surface area contributed by atoms with E-state index in [4.69, 9.17) is 5.26 Å². The highest BCUT2D eigenvalue weighted by molar-refractivity contribution is 5.95. The first-order chi connectivity index (χ1) is 8.15. The van der Waals surface area contributed by atoms with Gasteiger partial charge in [-0.25, -0.2) is 9.37 Å². The van der Waals surface area contributed by atoms with Crippen LogP contribution in [0, 0.1) is 23.1 Å². The summed E-state index contributed by atoms with van der Waals surface area (Å²) in [4.78, 5) is 16.3. The Kier molecular flexibility index (Phi) is 3.00. The molecule has 2 heterocycles. The van der Waals surface area contributed by atoms with Crippen molar-refractivity contribution in [2.24, 2.45) is 0 Å². The maximum absolute atomic E-state index is 13.4. The molecule has 1 aliphatic heterocycles. The Morgan fingerprint density at radius 3 is 3.06 bits per heavy atom. The van der Waals surface area contributed by atoms with Crippen LogP contribution in [0.3, 0.4) is 0 Å². The minimum Gasteiger partial charge on any atom is -0.323 e. The van der Waals surface area contributed by atoms with Crippen LogP contribution in [0.15, 0.2) is 12.3 Å². The van der Waals surface area contributed by atoms with Gasteiger partial charge in [-0.05, 0) is 18.9 Å². The molecule has 88 valence electrons. The normalized spacial score (nSPS) is 19.1. The maximum Gasteiger partial charge on any atom is 0.258 e. The summed E-state index contributed by atoms with van der Waals surface area (Å²) in [6.45, 7) is 0.389. The van der Waals surface area contributed by atoms with Gasteiger partial charge in [-0.15, -0.1) is 0 Å². The third-order valence-electron chi connectivity index (χ3n) is 2.74. The van der Waals surface area contributed by atoms with E-state index in [-0.39, 0.29) is 5.56 Å². The van der Waals surface area contributed by atoms with Gasteiger partial charge in [0.2, 0.25) is 5.95 Å². The van der Waals surface area contributed by atoms with Crippen LogP contribution in [-0.4, -0.2) is 28.4 Å². The Morgan fingerprint density at radius 2 is 2.35 bits per heavy atom. The first-order valence-corrected chi connectivity index (χ1v) is 5.15. The van der Waals surface area contributed by atoms with E-state index in [0.717, 1.165) is 12.3 Å². The van der Waals surface area contributed by atoms with Gasteiger partial charge in [0.1, 0.15) is 6.04 Å². The van der Waals surface area contributed by atoms with Crippen molar-refractivity contribution in [3.8, 4) is 6.07 Å². The molecule has 0 bridgehead atoms. The molecule has 2 rings (SSSR count). The molecule has 1 saturated heterocycles. The number of halogens is 2. The number of hydrogen-bond acceptors (Lipinski definition) is 3. The Hall–Kier alpha value is -2.03. The van der Waals surface area contributed by atoms with Gasteiger partial charge in [0.15, 0.2) is 5.82 Å². The fourth-order valence-electron chi connectivity index (χ4n) is 1.88. The van der Waals surface area contributed by atoms with Crippen molar-refractivity contribution >= 4 is 5.91 Å². The number of nitrogens with zero attached hydrogens (tertiary/aromatic N) is 3. The summed E-state index contributed by atoms with van der Waals surface area (Å²) in [5.41, 5.74) is -0.375. The molecule has 0 spiro atoms. The summed E-state index contributed by atoms with van der Waals surface area (Å²) in [6.07, 6.45) is 2.29. The Labute approximate surface area is 96.5 Å². The largest absolute Gasteiger partial charge is 0.323 e. The van der Waals surface area contributed by atoms with E-state index in [0.29, 0.717) is 19.4 Å². The van der Waals surface area contributed by atoms with Gasteiger partial charge >= 0.3 is 0 Å². The van der Waals surface area contributed by atoms with Crippen molar-refractivity contribution in [1.29, 1.82) is 5.26 Å². The fraction of sp³-hybridized carbons (Fsp3) is 0.364. The maximum atomic E-state index is 13.4. The van der Waals surface area contributed by atoms with E-state index in [1.165, 1.54) is 4.90 Å². The highest BCUT2D eigenvalue weighted by Gasteiger charge is 2.31. The zero-order valence-corrected chi connectivity index (χ0v) is 8.86. The number of hydrogen-bond donors (Lipinski definition) is 0. The van der Waals surface area contributed by atoms with Crippen molar-refractivity contribution in [2.75, 3.05) is 6.54 Å². The van der Waals surface area contributed by atoms with Gasteiger partial charge in [-0.3, -0.25) is 4.79 Å².